The first-order valence-electron chi connectivity index (χ1n) is 13.7. The Morgan fingerprint density at radius 1 is 0.971 bits per heavy atom. The van der Waals surface area contributed by atoms with Crippen molar-refractivity contribution < 1.29 is 24.6 Å². The van der Waals surface area contributed by atoms with Crippen LogP contribution in [0.15, 0.2) is 11.6 Å². The number of carboxylic acid groups (broad SMARTS) is 1. The average Bonchev–Trinajstić information content (AvgIpc) is 2.77. The number of carbonyl (C=O) groups is 3. The van der Waals surface area contributed by atoms with Gasteiger partial charge >= 0.3 is 5.97 Å². The lowest BCUT2D eigenvalue weighted by molar-refractivity contribution is -0.202. The second-order valence-corrected chi connectivity index (χ2v) is 14.7. The minimum absolute atomic E-state index is 0.0165. The molecule has 5 aliphatic rings. The molecule has 5 heteroatoms. The first kappa shape index (κ1) is 25.2. The average molecular weight is 485 g/mol. The Morgan fingerprint density at radius 3 is 2.26 bits per heavy atom. The van der Waals surface area contributed by atoms with Crippen molar-refractivity contribution in [2.24, 2.45) is 50.2 Å². The number of carbonyl (C=O) groups excluding carboxylic acids is 2. The van der Waals surface area contributed by atoms with E-state index in [0.29, 0.717) is 25.7 Å². The molecule has 5 aliphatic carbocycles. The van der Waals surface area contributed by atoms with Gasteiger partial charge in [0.2, 0.25) is 0 Å². The molecule has 7 atom stereocenters. The van der Waals surface area contributed by atoms with E-state index in [-0.39, 0.29) is 52.2 Å². The molecule has 194 valence electrons. The van der Waals surface area contributed by atoms with Crippen molar-refractivity contribution in [1.29, 1.82) is 0 Å². The van der Waals surface area contributed by atoms with Crippen molar-refractivity contribution >= 4 is 17.5 Å². The quantitative estimate of drug-likeness (QED) is 0.533. The number of ketones is 2. The molecule has 5 nitrogen and oxygen atoms in total. The SMILES string of the molecule is CC1(C)CC[C@]2(C(=O)O)CC[C@]3(C)C(=CC(=O)C4[C@@]5(CO)CCC(=O)C(C)(C)C5CC[C@]43C)C2C1. The van der Waals surface area contributed by atoms with E-state index in [0.717, 1.165) is 37.7 Å². The predicted octanol–water partition coefficient (Wildman–Crippen LogP) is 5.59. The fraction of sp³-hybridized carbons (Fsp3) is 0.833. The van der Waals surface area contributed by atoms with Crippen molar-refractivity contribution in [1.82, 2.24) is 0 Å². The molecule has 0 spiro atoms. The van der Waals surface area contributed by atoms with E-state index in [4.69, 9.17) is 0 Å². The Kier molecular flexibility index (Phi) is 5.25. The summed E-state index contributed by atoms with van der Waals surface area (Å²) in [6.07, 6.45) is 8.24. The topological polar surface area (TPSA) is 91.7 Å². The zero-order valence-corrected chi connectivity index (χ0v) is 22.5. The molecule has 0 radical (unpaired) electrons. The minimum Gasteiger partial charge on any atom is -0.481 e. The molecule has 0 aromatic rings. The van der Waals surface area contributed by atoms with E-state index < -0.39 is 22.2 Å². The summed E-state index contributed by atoms with van der Waals surface area (Å²) in [5, 5.41) is 21.4. The van der Waals surface area contributed by atoms with Gasteiger partial charge < -0.3 is 10.2 Å². The monoisotopic (exact) mass is 484 g/mol. The van der Waals surface area contributed by atoms with Gasteiger partial charge in [-0.1, -0.05) is 47.1 Å². The van der Waals surface area contributed by atoms with Gasteiger partial charge in [0.15, 0.2) is 5.78 Å². The molecule has 2 N–H and O–H groups in total. The second kappa shape index (κ2) is 7.30. The standard InChI is InChI=1S/C30H44O5/c1-25(2)11-13-29(24(34)35)14-12-27(5)18(19(29)16-25)15-20(32)23-28(27,6)9-7-21-26(3,4)22(33)8-10-30(21,23)17-31/h15,19,21,23,31H,7-14,16-17H2,1-6H3,(H,34,35)/t19?,21?,23?,27-,28-,29+,30-/m1/s1. The molecule has 0 aromatic carbocycles. The van der Waals surface area contributed by atoms with Gasteiger partial charge in [-0.25, -0.2) is 0 Å². The van der Waals surface area contributed by atoms with Gasteiger partial charge in [-0.3, -0.25) is 14.4 Å². The third kappa shape index (κ3) is 2.94. The van der Waals surface area contributed by atoms with Crippen molar-refractivity contribution in [3.8, 4) is 0 Å². The zero-order chi connectivity index (χ0) is 25.8. The number of aliphatic hydroxyl groups is 1. The van der Waals surface area contributed by atoms with E-state index in [1.54, 1.807) is 0 Å². The lowest BCUT2D eigenvalue weighted by Crippen LogP contribution is -2.68. The van der Waals surface area contributed by atoms with Gasteiger partial charge in [0, 0.05) is 29.8 Å². The number of fused-ring (bicyclic) bond motifs is 7. The van der Waals surface area contributed by atoms with Crippen LogP contribution in [0.3, 0.4) is 0 Å². The summed E-state index contributed by atoms with van der Waals surface area (Å²) in [5.74, 6) is -0.881. The number of allylic oxidation sites excluding steroid dienone is 2. The van der Waals surface area contributed by atoms with Crippen molar-refractivity contribution in [2.75, 3.05) is 6.61 Å². The molecule has 0 bridgehead atoms. The molecule has 0 saturated heterocycles. The Morgan fingerprint density at radius 2 is 1.63 bits per heavy atom. The molecule has 0 heterocycles. The Hall–Kier alpha value is -1.49. The smallest absolute Gasteiger partial charge is 0.310 e. The molecule has 35 heavy (non-hydrogen) atoms. The van der Waals surface area contributed by atoms with Crippen LogP contribution >= 0.6 is 0 Å². The van der Waals surface area contributed by atoms with E-state index in [2.05, 4.69) is 27.7 Å². The molecular formula is C30H44O5. The van der Waals surface area contributed by atoms with Crippen LogP contribution in [0, 0.1) is 50.2 Å². The number of Topliss-reactive ketones (excluding diaryl/α,β-unsaturated/α-hetero) is 1. The van der Waals surface area contributed by atoms with E-state index in [1.165, 1.54) is 0 Å². The van der Waals surface area contributed by atoms with E-state index in [1.807, 2.05) is 19.9 Å². The molecule has 0 aliphatic heterocycles. The molecule has 4 saturated carbocycles. The number of hydrogen-bond donors (Lipinski definition) is 2. The van der Waals surface area contributed by atoms with Crippen LogP contribution in [-0.4, -0.2) is 34.4 Å². The van der Waals surface area contributed by atoms with Crippen LogP contribution in [0.1, 0.15) is 99.3 Å². The Balaban J connectivity index is 1.68. The number of hydrogen-bond acceptors (Lipinski definition) is 4. The van der Waals surface area contributed by atoms with E-state index >= 15 is 0 Å². The third-order valence-electron chi connectivity index (χ3n) is 12.6. The summed E-state index contributed by atoms with van der Waals surface area (Å²) in [5.41, 5.74) is -1.47. The largest absolute Gasteiger partial charge is 0.481 e. The summed E-state index contributed by atoms with van der Waals surface area (Å²) in [6, 6.07) is 0. The summed E-state index contributed by atoms with van der Waals surface area (Å²) in [7, 11) is 0. The second-order valence-electron chi connectivity index (χ2n) is 14.7. The van der Waals surface area contributed by atoms with Crippen molar-refractivity contribution in [2.45, 2.75) is 99.3 Å². The number of aliphatic hydroxyl groups excluding tert-OH is 1. The van der Waals surface area contributed by atoms with Gasteiger partial charge in [-0.05, 0) is 85.5 Å². The fourth-order valence-corrected chi connectivity index (χ4v) is 10.2. The predicted molar refractivity (Wildman–Crippen MR) is 133 cm³/mol. The van der Waals surface area contributed by atoms with Crippen LogP contribution in [0.5, 0.6) is 0 Å². The van der Waals surface area contributed by atoms with Gasteiger partial charge in [-0.2, -0.15) is 0 Å². The number of carboxylic acids is 1. The van der Waals surface area contributed by atoms with Crippen LogP contribution in [-0.2, 0) is 14.4 Å². The first-order chi connectivity index (χ1) is 16.1. The summed E-state index contributed by atoms with van der Waals surface area (Å²) < 4.78 is 0. The third-order valence-corrected chi connectivity index (χ3v) is 12.6. The lowest BCUT2D eigenvalue weighted by Gasteiger charge is -2.69. The molecule has 4 fully saturated rings. The lowest BCUT2D eigenvalue weighted by atomic mass is 9.33. The number of aliphatic carboxylic acids is 1. The maximum absolute atomic E-state index is 14.2. The van der Waals surface area contributed by atoms with Crippen LogP contribution < -0.4 is 0 Å². The highest BCUT2D eigenvalue weighted by molar-refractivity contribution is 5.96. The molecule has 5 rings (SSSR count). The first-order valence-corrected chi connectivity index (χ1v) is 13.7. The van der Waals surface area contributed by atoms with Crippen LogP contribution in [0.2, 0.25) is 0 Å². The van der Waals surface area contributed by atoms with Crippen LogP contribution in [0.25, 0.3) is 0 Å². The van der Waals surface area contributed by atoms with Crippen molar-refractivity contribution in [3.05, 3.63) is 11.6 Å². The van der Waals surface area contributed by atoms with Gasteiger partial charge in [0.05, 0.1) is 5.41 Å². The molecule has 0 amide bonds. The van der Waals surface area contributed by atoms with Crippen molar-refractivity contribution in [3.63, 3.8) is 0 Å². The highest BCUT2D eigenvalue weighted by Crippen LogP contribution is 2.74. The summed E-state index contributed by atoms with van der Waals surface area (Å²) in [4.78, 5) is 39.9. The Bertz CT molecular complexity index is 1020. The molecule has 0 aromatic heterocycles. The van der Waals surface area contributed by atoms with Gasteiger partial charge in [-0.15, -0.1) is 0 Å². The summed E-state index contributed by atoms with van der Waals surface area (Å²) in [6.45, 7) is 12.9. The maximum atomic E-state index is 14.2. The highest BCUT2D eigenvalue weighted by Gasteiger charge is 2.72. The van der Waals surface area contributed by atoms with Crippen LogP contribution in [0.4, 0.5) is 0 Å². The normalized spacial score (nSPS) is 48.1. The Labute approximate surface area is 210 Å². The highest BCUT2D eigenvalue weighted by atomic mass is 16.4. The number of rotatable bonds is 2. The maximum Gasteiger partial charge on any atom is 0.310 e. The van der Waals surface area contributed by atoms with Gasteiger partial charge in [0.1, 0.15) is 5.78 Å². The minimum atomic E-state index is -0.782. The summed E-state index contributed by atoms with van der Waals surface area (Å²) >= 11 is 0. The zero-order valence-electron chi connectivity index (χ0n) is 22.5. The fourth-order valence-electron chi connectivity index (χ4n) is 10.2. The molecular weight excluding hydrogens is 440 g/mol. The molecule has 3 unspecified atom stereocenters. The van der Waals surface area contributed by atoms with E-state index in [9.17, 15) is 24.6 Å². The van der Waals surface area contributed by atoms with Gasteiger partial charge in [0.25, 0.3) is 0 Å².